The standard InChI is InChI=1S/C23H23F3N2O4/c24-23(25,26)18-3-1-2-17(12-18)22(30)8-10-27(11-9-22)14-16-5-4-15-6-7-19(28(31)32)13-20(15)21(16)29/h1-3,6-7,12-13,16,30H,4-5,8-11,14H2. The van der Waals surface area contributed by atoms with Crippen molar-refractivity contribution in [2.24, 2.45) is 5.92 Å². The molecule has 2 aromatic rings. The van der Waals surface area contributed by atoms with E-state index in [0.717, 1.165) is 17.7 Å². The van der Waals surface area contributed by atoms with Crippen molar-refractivity contribution in [3.8, 4) is 0 Å². The molecule has 0 spiro atoms. The van der Waals surface area contributed by atoms with Crippen LogP contribution in [0.25, 0.3) is 0 Å². The zero-order valence-corrected chi connectivity index (χ0v) is 17.3. The highest BCUT2D eigenvalue weighted by atomic mass is 19.4. The highest BCUT2D eigenvalue weighted by Crippen LogP contribution is 2.37. The molecule has 9 heteroatoms. The zero-order valence-electron chi connectivity index (χ0n) is 17.3. The minimum Gasteiger partial charge on any atom is -0.385 e. The van der Waals surface area contributed by atoms with Crippen molar-refractivity contribution in [2.75, 3.05) is 19.6 Å². The number of nitrogens with zero attached hydrogens (tertiary/aromatic N) is 2. The van der Waals surface area contributed by atoms with Gasteiger partial charge in [0, 0.05) is 43.2 Å². The van der Waals surface area contributed by atoms with E-state index in [2.05, 4.69) is 0 Å². The van der Waals surface area contributed by atoms with Crippen LogP contribution in [0.5, 0.6) is 0 Å². The van der Waals surface area contributed by atoms with Crippen LogP contribution >= 0.6 is 0 Å². The molecule has 0 amide bonds. The first-order valence-electron chi connectivity index (χ1n) is 10.5. The number of likely N-dealkylation sites (tertiary alicyclic amines) is 1. The number of nitro groups is 1. The summed E-state index contributed by atoms with van der Waals surface area (Å²) >= 11 is 0. The van der Waals surface area contributed by atoms with Crippen molar-refractivity contribution in [3.63, 3.8) is 0 Å². The van der Waals surface area contributed by atoms with Gasteiger partial charge in [-0.2, -0.15) is 13.2 Å². The lowest BCUT2D eigenvalue weighted by Crippen LogP contribution is -2.45. The van der Waals surface area contributed by atoms with Gasteiger partial charge in [-0.25, -0.2) is 0 Å². The summed E-state index contributed by atoms with van der Waals surface area (Å²) in [6.07, 6.45) is -2.65. The molecule has 1 N–H and O–H groups in total. The van der Waals surface area contributed by atoms with Gasteiger partial charge in [0.05, 0.1) is 16.1 Å². The minimum atomic E-state index is -4.47. The van der Waals surface area contributed by atoms with Gasteiger partial charge in [-0.3, -0.25) is 14.9 Å². The van der Waals surface area contributed by atoms with Crippen LogP contribution in [0.1, 0.15) is 46.3 Å². The molecule has 1 fully saturated rings. The van der Waals surface area contributed by atoms with Gasteiger partial charge >= 0.3 is 6.18 Å². The third-order valence-corrected chi connectivity index (χ3v) is 6.59. The van der Waals surface area contributed by atoms with Crippen LogP contribution in [0, 0.1) is 16.0 Å². The average Bonchev–Trinajstić information content (AvgIpc) is 2.76. The largest absolute Gasteiger partial charge is 0.416 e. The molecular formula is C23H23F3N2O4. The Bertz CT molecular complexity index is 1050. The van der Waals surface area contributed by atoms with Gasteiger partial charge in [0.1, 0.15) is 0 Å². The van der Waals surface area contributed by atoms with E-state index in [1.54, 1.807) is 6.07 Å². The fourth-order valence-electron chi connectivity index (χ4n) is 4.67. The Hall–Kier alpha value is -2.78. The molecule has 170 valence electrons. The molecule has 4 rings (SSSR count). The van der Waals surface area contributed by atoms with Crippen molar-refractivity contribution in [2.45, 2.75) is 37.5 Å². The predicted octanol–water partition coefficient (Wildman–Crippen LogP) is 4.34. The van der Waals surface area contributed by atoms with E-state index in [4.69, 9.17) is 0 Å². The second-order valence-electron chi connectivity index (χ2n) is 8.61. The van der Waals surface area contributed by atoms with Crippen molar-refractivity contribution >= 4 is 11.5 Å². The number of rotatable bonds is 4. The van der Waals surface area contributed by atoms with Gasteiger partial charge in [-0.05, 0) is 48.9 Å². The van der Waals surface area contributed by atoms with Gasteiger partial charge < -0.3 is 10.0 Å². The monoisotopic (exact) mass is 448 g/mol. The van der Waals surface area contributed by atoms with E-state index >= 15 is 0 Å². The number of carbonyl (C=O) groups excluding carboxylic acids is 1. The fraction of sp³-hybridized carbons (Fsp3) is 0.435. The van der Waals surface area contributed by atoms with Crippen LogP contribution in [0.3, 0.4) is 0 Å². The van der Waals surface area contributed by atoms with Gasteiger partial charge in [-0.15, -0.1) is 0 Å². The Morgan fingerprint density at radius 2 is 1.88 bits per heavy atom. The number of nitro benzene ring substituents is 1. The Balaban J connectivity index is 1.42. The van der Waals surface area contributed by atoms with Crippen LogP contribution in [0.2, 0.25) is 0 Å². The zero-order chi connectivity index (χ0) is 23.1. The molecule has 1 aliphatic carbocycles. The number of hydrogen-bond acceptors (Lipinski definition) is 5. The lowest BCUT2D eigenvalue weighted by atomic mass is 9.80. The molecule has 1 unspecified atom stereocenters. The van der Waals surface area contributed by atoms with Crippen molar-refractivity contribution in [1.29, 1.82) is 0 Å². The summed E-state index contributed by atoms with van der Waals surface area (Å²) < 4.78 is 39.1. The molecule has 6 nitrogen and oxygen atoms in total. The third kappa shape index (κ3) is 4.40. The van der Waals surface area contributed by atoms with Gasteiger partial charge in [0.15, 0.2) is 5.78 Å². The Morgan fingerprint density at radius 3 is 2.53 bits per heavy atom. The van der Waals surface area contributed by atoms with Gasteiger partial charge in [0.2, 0.25) is 0 Å². The molecule has 1 saturated heterocycles. The molecule has 0 aromatic heterocycles. The summed E-state index contributed by atoms with van der Waals surface area (Å²) in [5.74, 6) is -0.419. The fourth-order valence-corrected chi connectivity index (χ4v) is 4.67. The van der Waals surface area contributed by atoms with Gasteiger partial charge in [-0.1, -0.05) is 18.2 Å². The second-order valence-corrected chi connectivity index (χ2v) is 8.61. The number of hydrogen-bond donors (Lipinski definition) is 1. The van der Waals surface area contributed by atoms with E-state index in [-0.39, 0.29) is 35.8 Å². The van der Waals surface area contributed by atoms with E-state index in [9.17, 15) is 33.2 Å². The first-order valence-corrected chi connectivity index (χ1v) is 10.5. The Morgan fingerprint density at radius 1 is 1.16 bits per heavy atom. The predicted molar refractivity (Wildman–Crippen MR) is 110 cm³/mol. The number of benzene rings is 2. The molecule has 0 bridgehead atoms. The van der Waals surface area contributed by atoms with E-state index < -0.39 is 22.3 Å². The molecule has 1 aliphatic heterocycles. The lowest BCUT2D eigenvalue weighted by molar-refractivity contribution is -0.384. The second kappa shape index (κ2) is 8.29. The summed E-state index contributed by atoms with van der Waals surface area (Å²) in [5.41, 5.74) is -0.778. The molecule has 0 saturated carbocycles. The summed E-state index contributed by atoms with van der Waals surface area (Å²) in [5, 5.41) is 22.0. The highest BCUT2D eigenvalue weighted by molar-refractivity contribution is 6.00. The normalized spacial score (nSPS) is 21.2. The maximum Gasteiger partial charge on any atom is 0.416 e. The molecular weight excluding hydrogens is 425 g/mol. The lowest BCUT2D eigenvalue weighted by Gasteiger charge is -2.40. The van der Waals surface area contributed by atoms with Crippen molar-refractivity contribution in [1.82, 2.24) is 4.90 Å². The first-order chi connectivity index (χ1) is 15.1. The van der Waals surface area contributed by atoms with Crippen LogP contribution in [0.15, 0.2) is 42.5 Å². The van der Waals surface area contributed by atoms with Crippen molar-refractivity contribution < 1.29 is 28.0 Å². The number of ketones is 1. The number of halogens is 3. The molecule has 32 heavy (non-hydrogen) atoms. The number of aryl methyl sites for hydroxylation is 1. The summed E-state index contributed by atoms with van der Waals surface area (Å²) in [7, 11) is 0. The SMILES string of the molecule is O=C1c2cc([N+](=O)[O-])ccc2CCC1CN1CCC(O)(c2cccc(C(F)(F)F)c2)CC1. The molecule has 1 atom stereocenters. The maximum absolute atomic E-state index is 13.0. The molecule has 2 aromatic carbocycles. The van der Waals surface area contributed by atoms with Crippen LogP contribution < -0.4 is 0 Å². The quantitative estimate of drug-likeness (QED) is 0.556. The summed E-state index contributed by atoms with van der Waals surface area (Å²) in [6, 6.07) is 9.19. The Labute approximate surface area is 182 Å². The average molecular weight is 448 g/mol. The van der Waals surface area contributed by atoms with Gasteiger partial charge in [0.25, 0.3) is 5.69 Å². The minimum absolute atomic E-state index is 0.109. The van der Waals surface area contributed by atoms with E-state index in [0.29, 0.717) is 38.0 Å². The summed E-state index contributed by atoms with van der Waals surface area (Å²) in [6.45, 7) is 1.34. The Kier molecular flexibility index (Phi) is 5.81. The number of Topliss-reactive ketones (excluding diaryl/α,β-unsaturated/α-hetero) is 1. The topological polar surface area (TPSA) is 83.7 Å². The molecule has 1 heterocycles. The van der Waals surface area contributed by atoms with Crippen LogP contribution in [-0.4, -0.2) is 40.3 Å². The highest BCUT2D eigenvalue weighted by Gasteiger charge is 2.38. The smallest absolute Gasteiger partial charge is 0.385 e. The first kappa shape index (κ1) is 22.4. The molecule has 0 radical (unpaired) electrons. The number of piperidine rings is 1. The number of aliphatic hydroxyl groups is 1. The third-order valence-electron chi connectivity index (χ3n) is 6.59. The molecule has 2 aliphatic rings. The van der Waals surface area contributed by atoms with Crippen LogP contribution in [-0.2, 0) is 18.2 Å². The van der Waals surface area contributed by atoms with Crippen LogP contribution in [0.4, 0.5) is 18.9 Å². The van der Waals surface area contributed by atoms with Crippen molar-refractivity contribution in [3.05, 3.63) is 74.8 Å². The van der Waals surface area contributed by atoms with E-state index in [1.807, 2.05) is 4.90 Å². The van der Waals surface area contributed by atoms with E-state index in [1.165, 1.54) is 24.3 Å². The summed E-state index contributed by atoms with van der Waals surface area (Å²) in [4.78, 5) is 25.5. The number of carbonyl (C=O) groups is 1. The number of fused-ring (bicyclic) bond motifs is 1. The number of non-ortho nitro benzene ring substituents is 1. The number of alkyl halides is 3. The maximum atomic E-state index is 13.0.